The van der Waals surface area contributed by atoms with Crippen LogP contribution in [0.5, 0.6) is 23.0 Å². The SMILES string of the molecule is O=S(CCCNCC1COc2ccccc2O1)c1ccc2c(c1)OCCCO2. The molecule has 0 aromatic heterocycles. The Bertz CT molecular complexity index is 828. The van der Waals surface area contributed by atoms with E-state index in [1.807, 2.05) is 42.5 Å². The summed E-state index contributed by atoms with van der Waals surface area (Å²) in [6.07, 6.45) is 1.66. The van der Waals surface area contributed by atoms with E-state index in [2.05, 4.69) is 5.32 Å². The van der Waals surface area contributed by atoms with E-state index in [-0.39, 0.29) is 6.10 Å². The highest BCUT2D eigenvalue weighted by atomic mass is 32.2. The minimum Gasteiger partial charge on any atom is -0.490 e. The number of hydrogen-bond donors (Lipinski definition) is 1. The molecule has 4 rings (SSSR count). The fourth-order valence-corrected chi connectivity index (χ4v) is 4.26. The third kappa shape index (κ3) is 4.77. The molecule has 150 valence electrons. The van der Waals surface area contributed by atoms with Crippen LogP contribution in [0.4, 0.5) is 0 Å². The number of para-hydroxylation sites is 2. The zero-order chi connectivity index (χ0) is 19.2. The van der Waals surface area contributed by atoms with E-state index in [0.717, 1.165) is 41.5 Å². The van der Waals surface area contributed by atoms with Gasteiger partial charge < -0.3 is 24.3 Å². The van der Waals surface area contributed by atoms with Gasteiger partial charge in [-0.15, -0.1) is 0 Å². The molecule has 2 unspecified atom stereocenters. The maximum absolute atomic E-state index is 12.6. The van der Waals surface area contributed by atoms with Gasteiger partial charge in [0.25, 0.3) is 0 Å². The summed E-state index contributed by atoms with van der Waals surface area (Å²) in [5, 5.41) is 3.37. The predicted molar refractivity (Wildman–Crippen MR) is 107 cm³/mol. The molecular weight excluding hydrogens is 378 g/mol. The van der Waals surface area contributed by atoms with Crippen LogP contribution in [0.1, 0.15) is 12.8 Å². The van der Waals surface area contributed by atoms with Gasteiger partial charge in [0.15, 0.2) is 23.0 Å². The van der Waals surface area contributed by atoms with Gasteiger partial charge in [0.2, 0.25) is 0 Å². The zero-order valence-electron chi connectivity index (χ0n) is 15.7. The van der Waals surface area contributed by atoms with E-state index in [1.165, 1.54) is 0 Å². The third-order valence-corrected chi connectivity index (χ3v) is 6.04. The van der Waals surface area contributed by atoms with Crippen LogP contribution in [0.3, 0.4) is 0 Å². The fraction of sp³-hybridized carbons (Fsp3) is 0.429. The third-order valence-electron chi connectivity index (χ3n) is 4.60. The second-order valence-electron chi connectivity index (χ2n) is 6.76. The summed E-state index contributed by atoms with van der Waals surface area (Å²) in [6, 6.07) is 13.3. The lowest BCUT2D eigenvalue weighted by Crippen LogP contribution is -2.38. The molecule has 0 radical (unpaired) electrons. The molecule has 0 saturated heterocycles. The van der Waals surface area contributed by atoms with Crippen molar-refractivity contribution in [2.75, 3.05) is 38.7 Å². The Labute approximate surface area is 167 Å². The predicted octanol–water partition coefficient (Wildman–Crippen LogP) is 2.78. The molecule has 0 amide bonds. The van der Waals surface area contributed by atoms with Gasteiger partial charge in [-0.25, -0.2) is 0 Å². The molecule has 2 heterocycles. The first-order valence-electron chi connectivity index (χ1n) is 9.67. The van der Waals surface area contributed by atoms with Crippen molar-refractivity contribution in [3.05, 3.63) is 42.5 Å². The first kappa shape index (κ1) is 19.1. The van der Waals surface area contributed by atoms with Crippen LogP contribution in [-0.4, -0.2) is 49.0 Å². The molecule has 0 aliphatic carbocycles. The standard InChI is InChI=1S/C21H25NO5S/c23-28(17-7-8-19-21(13-17)25-11-4-10-24-19)12-3-9-22-14-16-15-26-18-5-1-2-6-20(18)27-16/h1-2,5-8,13,16,22H,3-4,9-12,14-15H2. The Morgan fingerprint density at radius 1 is 0.964 bits per heavy atom. The Morgan fingerprint density at radius 3 is 2.64 bits per heavy atom. The highest BCUT2D eigenvalue weighted by Crippen LogP contribution is 2.32. The number of fused-ring (bicyclic) bond motifs is 2. The van der Waals surface area contributed by atoms with E-state index in [9.17, 15) is 4.21 Å². The average molecular weight is 404 g/mol. The van der Waals surface area contributed by atoms with Crippen molar-refractivity contribution in [2.24, 2.45) is 0 Å². The summed E-state index contributed by atoms with van der Waals surface area (Å²) < 4.78 is 35.5. The van der Waals surface area contributed by atoms with Gasteiger partial charge in [0.1, 0.15) is 12.7 Å². The molecule has 1 N–H and O–H groups in total. The van der Waals surface area contributed by atoms with Gasteiger partial charge in [-0.05, 0) is 37.2 Å². The molecule has 6 nitrogen and oxygen atoms in total. The van der Waals surface area contributed by atoms with E-state index in [1.54, 1.807) is 0 Å². The lowest BCUT2D eigenvalue weighted by molar-refractivity contribution is 0.0906. The molecule has 2 aromatic rings. The summed E-state index contributed by atoms with van der Waals surface area (Å²) in [4.78, 5) is 0.782. The number of rotatable bonds is 7. The van der Waals surface area contributed by atoms with Crippen molar-refractivity contribution in [2.45, 2.75) is 23.8 Å². The lowest BCUT2D eigenvalue weighted by Gasteiger charge is -2.26. The summed E-state index contributed by atoms with van der Waals surface area (Å²) in [5.74, 6) is 3.60. The van der Waals surface area contributed by atoms with Crippen molar-refractivity contribution >= 4 is 10.8 Å². The summed E-state index contributed by atoms with van der Waals surface area (Å²) in [6.45, 7) is 3.29. The highest BCUT2D eigenvalue weighted by molar-refractivity contribution is 7.85. The Hall–Kier alpha value is -2.25. The van der Waals surface area contributed by atoms with Crippen LogP contribution >= 0.6 is 0 Å². The Morgan fingerprint density at radius 2 is 1.75 bits per heavy atom. The number of benzene rings is 2. The maximum atomic E-state index is 12.6. The van der Waals surface area contributed by atoms with Crippen LogP contribution in [-0.2, 0) is 10.8 Å². The minimum atomic E-state index is -1.06. The highest BCUT2D eigenvalue weighted by Gasteiger charge is 2.20. The quantitative estimate of drug-likeness (QED) is 0.717. The van der Waals surface area contributed by atoms with Gasteiger partial charge in [0, 0.05) is 29.7 Å². The van der Waals surface area contributed by atoms with Crippen LogP contribution in [0, 0.1) is 0 Å². The van der Waals surface area contributed by atoms with E-state index < -0.39 is 10.8 Å². The van der Waals surface area contributed by atoms with Gasteiger partial charge >= 0.3 is 0 Å². The number of ether oxygens (including phenoxy) is 4. The minimum absolute atomic E-state index is 0.0119. The van der Waals surface area contributed by atoms with Crippen LogP contribution in [0.15, 0.2) is 47.4 Å². The molecule has 2 aliphatic rings. The van der Waals surface area contributed by atoms with Crippen LogP contribution in [0.2, 0.25) is 0 Å². The first-order valence-corrected chi connectivity index (χ1v) is 11.0. The number of nitrogens with one attached hydrogen (secondary N) is 1. The van der Waals surface area contributed by atoms with Gasteiger partial charge in [0.05, 0.1) is 24.0 Å². The largest absolute Gasteiger partial charge is 0.490 e. The van der Waals surface area contributed by atoms with Crippen molar-refractivity contribution in [1.29, 1.82) is 0 Å². The van der Waals surface area contributed by atoms with Gasteiger partial charge in [-0.3, -0.25) is 4.21 Å². The zero-order valence-corrected chi connectivity index (χ0v) is 16.5. The normalized spacial score (nSPS) is 18.9. The molecule has 0 saturated carbocycles. The van der Waals surface area contributed by atoms with Crippen molar-refractivity contribution in [3.63, 3.8) is 0 Å². The van der Waals surface area contributed by atoms with Crippen LogP contribution < -0.4 is 24.3 Å². The van der Waals surface area contributed by atoms with Crippen LogP contribution in [0.25, 0.3) is 0 Å². The number of hydrogen-bond acceptors (Lipinski definition) is 6. The molecule has 0 fully saturated rings. The molecule has 0 spiro atoms. The van der Waals surface area contributed by atoms with Gasteiger partial charge in [-0.2, -0.15) is 0 Å². The lowest BCUT2D eigenvalue weighted by atomic mass is 10.2. The summed E-state index contributed by atoms with van der Waals surface area (Å²) in [5.41, 5.74) is 0. The monoisotopic (exact) mass is 403 g/mol. The van der Waals surface area contributed by atoms with Crippen molar-refractivity contribution < 1.29 is 23.2 Å². The molecule has 2 atom stereocenters. The smallest absolute Gasteiger partial charge is 0.162 e. The molecule has 28 heavy (non-hydrogen) atoms. The first-order chi connectivity index (χ1) is 13.8. The summed E-state index contributed by atoms with van der Waals surface area (Å²) >= 11 is 0. The van der Waals surface area contributed by atoms with Crippen molar-refractivity contribution in [1.82, 2.24) is 5.32 Å². The molecule has 0 bridgehead atoms. The van der Waals surface area contributed by atoms with E-state index in [0.29, 0.717) is 37.9 Å². The molecule has 2 aliphatic heterocycles. The molecule has 2 aromatic carbocycles. The molecular formula is C21H25NO5S. The fourth-order valence-electron chi connectivity index (χ4n) is 3.16. The second-order valence-corrected chi connectivity index (χ2v) is 8.33. The Balaban J connectivity index is 1.19. The Kier molecular flexibility index (Phi) is 6.34. The van der Waals surface area contributed by atoms with Gasteiger partial charge in [-0.1, -0.05) is 12.1 Å². The van der Waals surface area contributed by atoms with E-state index in [4.69, 9.17) is 18.9 Å². The molecule has 7 heteroatoms. The van der Waals surface area contributed by atoms with E-state index >= 15 is 0 Å². The maximum Gasteiger partial charge on any atom is 0.162 e. The second kappa shape index (κ2) is 9.30. The summed E-state index contributed by atoms with van der Waals surface area (Å²) in [7, 11) is -1.06. The van der Waals surface area contributed by atoms with Crippen molar-refractivity contribution in [3.8, 4) is 23.0 Å². The average Bonchev–Trinajstić information content (AvgIpc) is 2.98. The topological polar surface area (TPSA) is 66.0 Å².